The fraction of sp³-hybridized carbons (Fsp3) is 0.474. The molecule has 3 rings (SSSR count). The third kappa shape index (κ3) is 3.09. The number of hydrogen-bond donors (Lipinski definition) is 2. The van der Waals surface area contributed by atoms with Gasteiger partial charge < -0.3 is 10.4 Å². The normalized spacial score (nSPS) is 25.2. The van der Waals surface area contributed by atoms with E-state index in [1.807, 2.05) is 13.8 Å². The van der Waals surface area contributed by atoms with Crippen molar-refractivity contribution in [1.82, 2.24) is 10.2 Å². The number of nitrogens with one attached hydrogen (secondary N) is 1. The molecule has 138 valence electrons. The third-order valence-electron chi connectivity index (χ3n) is 5.34. The summed E-state index contributed by atoms with van der Waals surface area (Å²) in [5, 5.41) is 12.2. The molecule has 1 aliphatic carbocycles. The predicted octanol–water partition coefficient (Wildman–Crippen LogP) is 1.74. The summed E-state index contributed by atoms with van der Waals surface area (Å²) in [6, 6.07) is 4.93. The quantitative estimate of drug-likeness (QED) is 0.798. The molecule has 1 aliphatic heterocycles. The van der Waals surface area contributed by atoms with Crippen LogP contribution in [0.2, 0.25) is 0 Å². The van der Waals surface area contributed by atoms with Crippen molar-refractivity contribution < 1.29 is 24.3 Å². The van der Waals surface area contributed by atoms with E-state index in [1.54, 1.807) is 18.2 Å². The number of hydrogen-bond acceptors (Lipinski definition) is 4. The second-order valence-corrected chi connectivity index (χ2v) is 7.36. The Kier molecular flexibility index (Phi) is 4.56. The number of carbonyl (C=O) groups is 4. The minimum absolute atomic E-state index is 0.271. The standard InChI is InChI=1S/C19H22N2O5/c1-11-5-7-19(8-6-11,18(25)26)20-15(22)10-21-16(23)13-4-3-12(2)9-14(13)17(21)24/h3-4,9,11H,5-8,10H2,1-2H3,(H,20,22)(H,25,26). The molecule has 7 nitrogen and oxygen atoms in total. The van der Waals surface area contributed by atoms with Gasteiger partial charge in [0, 0.05) is 0 Å². The number of carboxylic acids is 1. The van der Waals surface area contributed by atoms with Crippen LogP contribution >= 0.6 is 0 Å². The molecular formula is C19H22N2O5. The first-order valence-corrected chi connectivity index (χ1v) is 8.75. The summed E-state index contributed by atoms with van der Waals surface area (Å²) in [7, 11) is 0. The van der Waals surface area contributed by atoms with Crippen molar-refractivity contribution >= 4 is 23.7 Å². The number of rotatable bonds is 4. The van der Waals surface area contributed by atoms with Crippen LogP contribution in [0.25, 0.3) is 0 Å². The highest BCUT2D eigenvalue weighted by molar-refractivity contribution is 6.22. The molecule has 0 atom stereocenters. The van der Waals surface area contributed by atoms with Crippen LogP contribution in [0.3, 0.4) is 0 Å². The average Bonchev–Trinajstić information content (AvgIpc) is 2.81. The summed E-state index contributed by atoms with van der Waals surface area (Å²) < 4.78 is 0. The van der Waals surface area contributed by atoms with Crippen LogP contribution < -0.4 is 5.32 Å². The van der Waals surface area contributed by atoms with Gasteiger partial charge in [-0.3, -0.25) is 19.3 Å². The number of fused-ring (bicyclic) bond motifs is 1. The molecule has 0 radical (unpaired) electrons. The number of carbonyl (C=O) groups excluding carboxylic acids is 3. The molecule has 0 aromatic heterocycles. The lowest BCUT2D eigenvalue weighted by Gasteiger charge is -2.36. The van der Waals surface area contributed by atoms with Gasteiger partial charge in [-0.2, -0.15) is 0 Å². The molecule has 0 saturated heterocycles. The zero-order valence-electron chi connectivity index (χ0n) is 14.9. The van der Waals surface area contributed by atoms with Crippen LogP contribution in [0.4, 0.5) is 0 Å². The molecule has 1 fully saturated rings. The summed E-state index contributed by atoms with van der Waals surface area (Å²) in [4.78, 5) is 49.9. The van der Waals surface area contributed by atoms with E-state index in [1.165, 1.54) is 0 Å². The molecule has 3 amide bonds. The highest BCUT2D eigenvalue weighted by Crippen LogP contribution is 2.32. The maximum atomic E-state index is 12.5. The molecule has 0 unspecified atom stereocenters. The van der Waals surface area contributed by atoms with Gasteiger partial charge in [0.05, 0.1) is 11.1 Å². The molecule has 2 aliphatic rings. The fourth-order valence-electron chi connectivity index (χ4n) is 3.65. The summed E-state index contributed by atoms with van der Waals surface area (Å²) in [5.74, 6) is -2.34. The fourth-order valence-corrected chi connectivity index (χ4v) is 3.65. The van der Waals surface area contributed by atoms with Gasteiger partial charge in [0.2, 0.25) is 5.91 Å². The van der Waals surface area contributed by atoms with E-state index in [4.69, 9.17) is 0 Å². The van der Waals surface area contributed by atoms with E-state index in [-0.39, 0.29) is 11.1 Å². The van der Waals surface area contributed by atoms with Crippen LogP contribution in [-0.4, -0.2) is 45.8 Å². The third-order valence-corrected chi connectivity index (χ3v) is 5.34. The highest BCUT2D eigenvalue weighted by atomic mass is 16.4. The van der Waals surface area contributed by atoms with E-state index in [9.17, 15) is 24.3 Å². The number of nitrogens with zero attached hydrogens (tertiary/aromatic N) is 1. The van der Waals surface area contributed by atoms with Crippen molar-refractivity contribution in [2.24, 2.45) is 5.92 Å². The highest BCUT2D eigenvalue weighted by Gasteiger charge is 2.44. The van der Waals surface area contributed by atoms with Gasteiger partial charge in [-0.15, -0.1) is 0 Å². The Bertz CT molecular complexity index is 793. The van der Waals surface area contributed by atoms with Gasteiger partial charge in [-0.1, -0.05) is 18.6 Å². The van der Waals surface area contributed by atoms with Gasteiger partial charge in [0.25, 0.3) is 11.8 Å². The monoisotopic (exact) mass is 358 g/mol. The van der Waals surface area contributed by atoms with E-state index >= 15 is 0 Å². The van der Waals surface area contributed by atoms with Crippen molar-refractivity contribution in [2.45, 2.75) is 45.1 Å². The smallest absolute Gasteiger partial charge is 0.329 e. The number of amides is 3. The zero-order chi connectivity index (χ0) is 19.1. The van der Waals surface area contributed by atoms with Gasteiger partial charge in [0.1, 0.15) is 12.1 Å². The van der Waals surface area contributed by atoms with E-state index in [2.05, 4.69) is 5.32 Å². The van der Waals surface area contributed by atoms with E-state index < -0.39 is 35.8 Å². The molecule has 1 aromatic rings. The molecule has 1 saturated carbocycles. The maximum absolute atomic E-state index is 12.5. The molecule has 2 N–H and O–H groups in total. The van der Waals surface area contributed by atoms with E-state index in [0.29, 0.717) is 31.6 Å². The molecule has 1 aromatic carbocycles. The molecular weight excluding hydrogens is 336 g/mol. The van der Waals surface area contributed by atoms with Crippen LogP contribution in [0.15, 0.2) is 18.2 Å². The van der Waals surface area contributed by atoms with Crippen molar-refractivity contribution in [1.29, 1.82) is 0 Å². The number of benzene rings is 1. The minimum atomic E-state index is -1.32. The van der Waals surface area contributed by atoms with Gasteiger partial charge >= 0.3 is 5.97 Å². The lowest BCUT2D eigenvalue weighted by molar-refractivity contribution is -0.149. The minimum Gasteiger partial charge on any atom is -0.480 e. The van der Waals surface area contributed by atoms with Crippen LogP contribution in [-0.2, 0) is 9.59 Å². The largest absolute Gasteiger partial charge is 0.480 e. The molecule has 7 heteroatoms. The Morgan fingerprint density at radius 1 is 1.19 bits per heavy atom. The molecule has 0 bridgehead atoms. The Hall–Kier alpha value is -2.70. The first kappa shape index (κ1) is 18.1. The van der Waals surface area contributed by atoms with Gasteiger partial charge in [0.15, 0.2) is 0 Å². The van der Waals surface area contributed by atoms with Crippen molar-refractivity contribution in [3.05, 3.63) is 34.9 Å². The lowest BCUT2D eigenvalue weighted by atomic mass is 9.77. The Labute approximate surface area is 151 Å². The van der Waals surface area contributed by atoms with Crippen LogP contribution in [0, 0.1) is 12.8 Å². The Morgan fingerprint density at radius 2 is 1.81 bits per heavy atom. The average molecular weight is 358 g/mol. The lowest BCUT2D eigenvalue weighted by Crippen LogP contribution is -2.58. The molecule has 1 heterocycles. The topological polar surface area (TPSA) is 104 Å². The molecule has 0 spiro atoms. The van der Waals surface area contributed by atoms with E-state index in [0.717, 1.165) is 10.5 Å². The van der Waals surface area contributed by atoms with Crippen molar-refractivity contribution in [3.8, 4) is 0 Å². The summed E-state index contributed by atoms with van der Waals surface area (Å²) in [5.41, 5.74) is 0.0752. The Balaban J connectivity index is 1.73. The number of carboxylic acid groups (broad SMARTS) is 1. The summed E-state index contributed by atoms with van der Waals surface area (Å²) in [6.07, 6.45) is 2.10. The second kappa shape index (κ2) is 6.55. The Morgan fingerprint density at radius 3 is 2.42 bits per heavy atom. The summed E-state index contributed by atoms with van der Waals surface area (Å²) >= 11 is 0. The first-order chi connectivity index (χ1) is 12.2. The van der Waals surface area contributed by atoms with Crippen molar-refractivity contribution in [3.63, 3.8) is 0 Å². The van der Waals surface area contributed by atoms with Gasteiger partial charge in [-0.25, -0.2) is 4.79 Å². The van der Waals surface area contributed by atoms with Crippen molar-refractivity contribution in [2.75, 3.05) is 6.54 Å². The SMILES string of the molecule is Cc1ccc2c(c1)C(=O)N(CC(=O)NC1(C(=O)O)CCC(C)CC1)C2=O. The van der Waals surface area contributed by atoms with Gasteiger partial charge in [-0.05, 0) is 50.7 Å². The predicted molar refractivity (Wildman–Crippen MR) is 92.7 cm³/mol. The second-order valence-electron chi connectivity index (χ2n) is 7.36. The number of imide groups is 1. The zero-order valence-corrected chi connectivity index (χ0v) is 14.9. The number of aliphatic carboxylic acids is 1. The maximum Gasteiger partial charge on any atom is 0.329 e. The summed E-state index contributed by atoms with van der Waals surface area (Å²) in [6.45, 7) is 3.39. The van der Waals surface area contributed by atoms with Crippen LogP contribution in [0.5, 0.6) is 0 Å². The number of aryl methyl sites for hydroxylation is 1. The van der Waals surface area contributed by atoms with Crippen LogP contribution in [0.1, 0.15) is 58.9 Å². The first-order valence-electron chi connectivity index (χ1n) is 8.75. The molecule has 26 heavy (non-hydrogen) atoms.